The molecule has 5 heteroatoms. The summed E-state index contributed by atoms with van der Waals surface area (Å²) in [7, 11) is 0. The van der Waals surface area contributed by atoms with E-state index in [0.29, 0.717) is 17.3 Å². The quantitative estimate of drug-likeness (QED) is 0.501. The molecular formula is C12H12N4S. The number of hydrogen-bond donors (Lipinski definition) is 1. The smallest absolute Gasteiger partial charge is 0.180 e. The second kappa shape index (κ2) is 6.57. The predicted molar refractivity (Wildman–Crippen MR) is 70.2 cm³/mol. The van der Waals surface area contributed by atoms with E-state index in [1.807, 2.05) is 30.5 Å². The van der Waals surface area contributed by atoms with Gasteiger partial charge < -0.3 is 5.73 Å². The Bertz CT molecular complexity index is 465. The number of thioether (sulfide) groups is 1. The van der Waals surface area contributed by atoms with E-state index in [1.54, 1.807) is 12.1 Å². The summed E-state index contributed by atoms with van der Waals surface area (Å²) in [6.07, 6.45) is 1.81. The lowest BCUT2D eigenvalue weighted by molar-refractivity contribution is 1.04. The van der Waals surface area contributed by atoms with Gasteiger partial charge >= 0.3 is 0 Å². The van der Waals surface area contributed by atoms with E-state index in [4.69, 9.17) is 16.3 Å². The van der Waals surface area contributed by atoms with E-state index in [2.05, 4.69) is 4.99 Å². The van der Waals surface area contributed by atoms with Gasteiger partial charge in [0.25, 0.3) is 0 Å². The van der Waals surface area contributed by atoms with Gasteiger partial charge in [0.2, 0.25) is 0 Å². The van der Waals surface area contributed by atoms with E-state index in [1.165, 1.54) is 11.8 Å². The highest BCUT2D eigenvalue weighted by atomic mass is 32.2. The lowest BCUT2D eigenvalue weighted by Gasteiger charge is -2.03. The zero-order valence-corrected chi connectivity index (χ0v) is 10.2. The number of nitriles is 2. The van der Waals surface area contributed by atoms with E-state index in [9.17, 15) is 0 Å². The SMILES string of the molecule is CSC(=NCc1ccc(N)cc1)C(C#N)C#N. The molecule has 0 heterocycles. The van der Waals surface area contributed by atoms with Crippen LogP contribution in [0.4, 0.5) is 5.69 Å². The zero-order chi connectivity index (χ0) is 12.7. The Hall–Kier alpha value is -1.98. The third-order valence-corrected chi connectivity index (χ3v) is 2.89. The van der Waals surface area contributed by atoms with Gasteiger partial charge in [-0.15, -0.1) is 11.8 Å². The lowest BCUT2D eigenvalue weighted by atomic mass is 10.2. The maximum absolute atomic E-state index is 8.78. The molecule has 1 rings (SSSR count). The number of nitrogens with two attached hydrogens (primary N) is 1. The second-order valence-corrected chi connectivity index (χ2v) is 4.12. The van der Waals surface area contributed by atoms with E-state index >= 15 is 0 Å². The minimum Gasteiger partial charge on any atom is -0.399 e. The Morgan fingerprint density at radius 2 is 1.94 bits per heavy atom. The van der Waals surface area contributed by atoms with Gasteiger partial charge in [0, 0.05) is 5.69 Å². The number of nitrogen functional groups attached to an aromatic ring is 1. The Labute approximate surface area is 105 Å². The molecule has 17 heavy (non-hydrogen) atoms. The molecule has 0 saturated carbocycles. The fraction of sp³-hybridized carbons (Fsp3) is 0.250. The molecule has 4 nitrogen and oxygen atoms in total. The van der Waals surface area contributed by atoms with Gasteiger partial charge in [0.05, 0.1) is 23.7 Å². The predicted octanol–water partition coefficient (Wildman–Crippen LogP) is 2.19. The van der Waals surface area contributed by atoms with Crippen LogP contribution in [0.15, 0.2) is 29.3 Å². The van der Waals surface area contributed by atoms with Crippen molar-refractivity contribution in [3.8, 4) is 12.1 Å². The standard InChI is InChI=1S/C12H12N4S/c1-17-12(10(6-13)7-14)16-8-9-2-4-11(15)5-3-9/h2-5,10H,8,15H2,1H3. The maximum atomic E-state index is 8.78. The first-order valence-corrected chi connectivity index (χ1v) is 6.15. The van der Waals surface area contributed by atoms with Crippen LogP contribution in [0.2, 0.25) is 0 Å². The van der Waals surface area contributed by atoms with Crippen molar-refractivity contribution in [2.45, 2.75) is 6.54 Å². The van der Waals surface area contributed by atoms with E-state index < -0.39 is 5.92 Å². The maximum Gasteiger partial charge on any atom is 0.180 e. The van der Waals surface area contributed by atoms with Crippen LogP contribution in [-0.2, 0) is 6.54 Å². The molecule has 0 aliphatic carbocycles. The molecule has 2 N–H and O–H groups in total. The molecule has 0 saturated heterocycles. The van der Waals surface area contributed by atoms with Gasteiger partial charge in [-0.25, -0.2) is 0 Å². The highest BCUT2D eigenvalue weighted by Gasteiger charge is 2.12. The molecule has 0 amide bonds. The van der Waals surface area contributed by atoms with Crippen LogP contribution >= 0.6 is 11.8 Å². The van der Waals surface area contributed by atoms with Gasteiger partial charge in [0.15, 0.2) is 5.92 Å². The number of benzene rings is 1. The number of aliphatic imine (C=N–C) groups is 1. The molecule has 0 radical (unpaired) electrons. The minimum atomic E-state index is -0.779. The average Bonchev–Trinajstić information content (AvgIpc) is 2.36. The summed E-state index contributed by atoms with van der Waals surface area (Å²) in [6.45, 7) is 0.455. The van der Waals surface area contributed by atoms with E-state index in [0.717, 1.165) is 5.56 Å². The van der Waals surface area contributed by atoms with Gasteiger partial charge in [-0.05, 0) is 24.0 Å². The van der Waals surface area contributed by atoms with Crippen LogP contribution in [-0.4, -0.2) is 11.3 Å². The van der Waals surface area contributed by atoms with Crippen molar-refractivity contribution in [1.29, 1.82) is 10.5 Å². The Balaban J connectivity index is 2.78. The molecule has 86 valence electrons. The topological polar surface area (TPSA) is 86.0 Å². The summed E-state index contributed by atoms with van der Waals surface area (Å²) in [5.41, 5.74) is 7.28. The number of nitrogens with zero attached hydrogens (tertiary/aromatic N) is 3. The van der Waals surface area contributed by atoms with Gasteiger partial charge in [-0.1, -0.05) is 12.1 Å². The van der Waals surface area contributed by atoms with Crippen molar-refractivity contribution in [3.05, 3.63) is 29.8 Å². The first-order valence-electron chi connectivity index (χ1n) is 4.93. The molecular weight excluding hydrogens is 232 g/mol. The molecule has 0 aromatic heterocycles. The molecule has 0 unspecified atom stereocenters. The first-order chi connectivity index (χ1) is 8.21. The second-order valence-electron chi connectivity index (χ2n) is 3.29. The molecule has 0 fully saturated rings. The minimum absolute atomic E-state index is 0.455. The van der Waals surface area contributed by atoms with Crippen molar-refractivity contribution in [3.63, 3.8) is 0 Å². The van der Waals surface area contributed by atoms with Crippen molar-refractivity contribution in [1.82, 2.24) is 0 Å². The summed E-state index contributed by atoms with van der Waals surface area (Å²) >= 11 is 1.33. The monoisotopic (exact) mass is 244 g/mol. The van der Waals surface area contributed by atoms with Crippen LogP contribution < -0.4 is 5.73 Å². The normalized spacial score (nSPS) is 10.9. The Kier molecular flexibility index (Phi) is 5.06. The molecule has 0 spiro atoms. The van der Waals surface area contributed by atoms with Crippen LogP contribution in [0.1, 0.15) is 5.56 Å². The van der Waals surface area contributed by atoms with Gasteiger partial charge in [-0.2, -0.15) is 10.5 Å². The summed E-state index contributed by atoms with van der Waals surface area (Å²) in [4.78, 5) is 4.28. The van der Waals surface area contributed by atoms with Crippen LogP contribution in [0.25, 0.3) is 0 Å². The highest BCUT2D eigenvalue weighted by Crippen LogP contribution is 2.12. The fourth-order valence-electron chi connectivity index (χ4n) is 1.21. The molecule has 0 aliphatic rings. The van der Waals surface area contributed by atoms with Crippen molar-refractivity contribution in [2.75, 3.05) is 12.0 Å². The number of hydrogen-bond acceptors (Lipinski definition) is 5. The number of anilines is 1. The number of rotatable bonds is 3. The average molecular weight is 244 g/mol. The third kappa shape index (κ3) is 3.82. The van der Waals surface area contributed by atoms with Crippen molar-refractivity contribution < 1.29 is 0 Å². The largest absolute Gasteiger partial charge is 0.399 e. The van der Waals surface area contributed by atoms with E-state index in [-0.39, 0.29) is 0 Å². The van der Waals surface area contributed by atoms with Crippen molar-refractivity contribution in [2.24, 2.45) is 10.9 Å². The van der Waals surface area contributed by atoms with Gasteiger partial charge in [-0.3, -0.25) is 4.99 Å². The molecule has 1 aromatic rings. The Morgan fingerprint density at radius 1 is 1.35 bits per heavy atom. The summed E-state index contributed by atoms with van der Waals surface area (Å²) in [5.74, 6) is -0.779. The van der Waals surface area contributed by atoms with Crippen LogP contribution in [0.3, 0.4) is 0 Å². The zero-order valence-electron chi connectivity index (χ0n) is 9.42. The third-order valence-electron chi connectivity index (χ3n) is 2.11. The molecule has 0 atom stereocenters. The lowest BCUT2D eigenvalue weighted by Crippen LogP contribution is -2.06. The van der Waals surface area contributed by atoms with Crippen LogP contribution in [0.5, 0.6) is 0 Å². The molecule has 0 bridgehead atoms. The summed E-state index contributed by atoms with van der Waals surface area (Å²) in [5, 5.41) is 18.1. The Morgan fingerprint density at radius 3 is 2.41 bits per heavy atom. The summed E-state index contributed by atoms with van der Waals surface area (Å²) in [6, 6.07) is 11.2. The fourth-order valence-corrected chi connectivity index (χ4v) is 1.74. The van der Waals surface area contributed by atoms with Crippen LogP contribution in [0, 0.1) is 28.6 Å². The van der Waals surface area contributed by atoms with Crippen molar-refractivity contribution >= 4 is 22.5 Å². The summed E-state index contributed by atoms with van der Waals surface area (Å²) < 4.78 is 0. The van der Waals surface area contributed by atoms with Gasteiger partial charge in [0.1, 0.15) is 0 Å². The first kappa shape index (κ1) is 13.1. The highest BCUT2D eigenvalue weighted by molar-refractivity contribution is 8.13. The molecule has 1 aromatic carbocycles. The molecule has 0 aliphatic heterocycles.